The van der Waals surface area contributed by atoms with Gasteiger partial charge < -0.3 is 25.0 Å². The Morgan fingerprint density at radius 3 is 2.52 bits per heavy atom. The summed E-state index contributed by atoms with van der Waals surface area (Å²) in [7, 11) is 0. The van der Waals surface area contributed by atoms with E-state index in [1.165, 1.54) is 0 Å². The van der Waals surface area contributed by atoms with Crippen molar-refractivity contribution in [3.8, 4) is 0 Å². The lowest BCUT2D eigenvalue weighted by Crippen LogP contribution is -2.42. The highest BCUT2D eigenvalue weighted by molar-refractivity contribution is 14.0. The Kier molecular flexibility index (Phi) is 14.6. The summed E-state index contributed by atoms with van der Waals surface area (Å²) >= 11 is 0. The van der Waals surface area contributed by atoms with Crippen LogP contribution in [0.2, 0.25) is 0 Å². The summed E-state index contributed by atoms with van der Waals surface area (Å²) in [5, 5.41) is 20.4. The van der Waals surface area contributed by atoms with E-state index in [2.05, 4.69) is 48.5 Å². The van der Waals surface area contributed by atoms with E-state index in [1.807, 2.05) is 13.0 Å². The molecule has 0 amide bonds. The summed E-state index contributed by atoms with van der Waals surface area (Å²) in [4.78, 5) is 4.50. The second-order valence-electron chi connectivity index (χ2n) is 6.89. The van der Waals surface area contributed by atoms with Gasteiger partial charge in [-0.1, -0.05) is 32.9 Å². The molecule has 0 fully saturated rings. The van der Waals surface area contributed by atoms with Crippen molar-refractivity contribution >= 4 is 29.9 Å². The monoisotopic (exact) mass is 496 g/mol. The third-order valence-electron chi connectivity index (χ3n) is 3.98. The van der Waals surface area contributed by atoms with Crippen LogP contribution in [0.5, 0.6) is 0 Å². The van der Waals surface area contributed by atoms with Crippen molar-refractivity contribution in [3.05, 3.63) is 17.5 Å². The minimum absolute atomic E-state index is 0. The standard InChI is InChI=1S/C19H36N4O3.HI/c1-6-15(7-2)18-9-17(26-23-18)11-22-19(20-8-3)21-10-16(24)13-25-12-14(4)5;/h9,14-16,24H,6-8,10-13H2,1-5H3,(H2,20,21,22);1H. The fraction of sp³-hybridized carbons (Fsp3) is 0.789. The van der Waals surface area contributed by atoms with Crippen LogP contribution in [0.3, 0.4) is 0 Å². The molecule has 0 aliphatic heterocycles. The summed E-state index contributed by atoms with van der Waals surface area (Å²) in [5.41, 5.74) is 0.996. The van der Waals surface area contributed by atoms with E-state index >= 15 is 0 Å². The van der Waals surface area contributed by atoms with Crippen LogP contribution in [0.1, 0.15) is 64.8 Å². The maximum Gasteiger partial charge on any atom is 0.191 e. The number of aliphatic hydroxyl groups excluding tert-OH is 1. The van der Waals surface area contributed by atoms with Gasteiger partial charge in [0.1, 0.15) is 6.54 Å². The van der Waals surface area contributed by atoms with Gasteiger partial charge in [0.2, 0.25) is 0 Å². The van der Waals surface area contributed by atoms with Crippen LogP contribution >= 0.6 is 24.0 Å². The maximum atomic E-state index is 9.98. The lowest BCUT2D eigenvalue weighted by atomic mass is 9.99. The number of rotatable bonds is 12. The third kappa shape index (κ3) is 10.9. The Labute approximate surface area is 180 Å². The number of hydrogen-bond acceptors (Lipinski definition) is 5. The smallest absolute Gasteiger partial charge is 0.191 e. The Bertz CT molecular complexity index is 519. The van der Waals surface area contributed by atoms with Gasteiger partial charge in [0.25, 0.3) is 0 Å². The highest BCUT2D eigenvalue weighted by Gasteiger charge is 2.13. The highest BCUT2D eigenvalue weighted by atomic mass is 127. The molecular weight excluding hydrogens is 459 g/mol. The fourth-order valence-electron chi connectivity index (χ4n) is 2.51. The van der Waals surface area contributed by atoms with E-state index in [1.54, 1.807) is 0 Å². The van der Waals surface area contributed by atoms with Crippen molar-refractivity contribution in [1.82, 2.24) is 15.8 Å². The van der Waals surface area contributed by atoms with Crippen LogP contribution in [-0.2, 0) is 11.3 Å². The summed E-state index contributed by atoms with van der Waals surface area (Å²) in [6, 6.07) is 1.99. The molecule has 158 valence electrons. The molecule has 0 aromatic carbocycles. The van der Waals surface area contributed by atoms with Gasteiger partial charge in [-0.25, -0.2) is 4.99 Å². The molecule has 0 aliphatic carbocycles. The molecule has 0 aliphatic rings. The topological polar surface area (TPSA) is 91.9 Å². The van der Waals surface area contributed by atoms with Gasteiger partial charge in [0.15, 0.2) is 11.7 Å². The first-order valence-electron chi connectivity index (χ1n) is 9.73. The second kappa shape index (κ2) is 15.1. The zero-order valence-corrected chi connectivity index (χ0v) is 19.7. The molecule has 0 spiro atoms. The van der Waals surface area contributed by atoms with Crippen molar-refractivity contribution in [3.63, 3.8) is 0 Å². The van der Waals surface area contributed by atoms with Crippen LogP contribution in [0.15, 0.2) is 15.6 Å². The molecule has 0 saturated carbocycles. The quantitative estimate of drug-likeness (QED) is 0.234. The van der Waals surface area contributed by atoms with Crippen LogP contribution in [0.4, 0.5) is 0 Å². The summed E-state index contributed by atoms with van der Waals surface area (Å²) in [6.07, 6.45) is 1.52. The molecule has 1 atom stereocenters. The molecule has 0 bridgehead atoms. The van der Waals surface area contributed by atoms with E-state index < -0.39 is 6.10 Å². The SMILES string of the molecule is CCNC(=NCc1cc(C(CC)CC)no1)NCC(O)COCC(C)C.I. The van der Waals surface area contributed by atoms with Crippen molar-refractivity contribution in [2.24, 2.45) is 10.9 Å². The number of nitrogens with zero attached hydrogens (tertiary/aromatic N) is 2. The van der Waals surface area contributed by atoms with E-state index in [0.29, 0.717) is 44.1 Å². The molecule has 1 rings (SSSR count). The Balaban J connectivity index is 0.00000676. The average molecular weight is 496 g/mol. The Morgan fingerprint density at radius 1 is 1.22 bits per heavy atom. The summed E-state index contributed by atoms with van der Waals surface area (Å²) in [5.74, 6) is 2.27. The molecule has 0 saturated heterocycles. The predicted molar refractivity (Wildman–Crippen MR) is 120 cm³/mol. The number of hydrogen-bond donors (Lipinski definition) is 3. The molecule has 8 heteroatoms. The Morgan fingerprint density at radius 2 is 1.93 bits per heavy atom. The van der Waals surface area contributed by atoms with E-state index in [9.17, 15) is 5.11 Å². The van der Waals surface area contributed by atoms with Gasteiger partial charge in [-0.15, -0.1) is 24.0 Å². The minimum Gasteiger partial charge on any atom is -0.389 e. The molecule has 0 radical (unpaired) electrons. The molecule has 1 heterocycles. The third-order valence-corrected chi connectivity index (χ3v) is 3.98. The lowest BCUT2D eigenvalue weighted by Gasteiger charge is -2.16. The zero-order valence-electron chi connectivity index (χ0n) is 17.3. The average Bonchev–Trinajstić information content (AvgIpc) is 3.07. The van der Waals surface area contributed by atoms with Gasteiger partial charge in [0, 0.05) is 31.7 Å². The first-order chi connectivity index (χ1) is 12.5. The van der Waals surface area contributed by atoms with Gasteiger partial charge >= 0.3 is 0 Å². The largest absolute Gasteiger partial charge is 0.389 e. The number of aliphatic imine (C=N–C) groups is 1. The molecule has 27 heavy (non-hydrogen) atoms. The minimum atomic E-state index is -0.579. The zero-order chi connectivity index (χ0) is 19.4. The predicted octanol–water partition coefficient (Wildman–Crippen LogP) is 3.28. The first kappa shape index (κ1) is 26.1. The van der Waals surface area contributed by atoms with E-state index in [4.69, 9.17) is 9.26 Å². The van der Waals surface area contributed by atoms with Crippen molar-refractivity contribution in [2.75, 3.05) is 26.3 Å². The highest BCUT2D eigenvalue weighted by Crippen LogP contribution is 2.22. The number of aliphatic hydroxyl groups is 1. The van der Waals surface area contributed by atoms with Crippen LogP contribution in [0.25, 0.3) is 0 Å². The van der Waals surface area contributed by atoms with Crippen LogP contribution < -0.4 is 10.6 Å². The van der Waals surface area contributed by atoms with Gasteiger partial charge in [0.05, 0.1) is 18.4 Å². The van der Waals surface area contributed by atoms with E-state index in [-0.39, 0.29) is 24.0 Å². The first-order valence-corrected chi connectivity index (χ1v) is 9.73. The van der Waals surface area contributed by atoms with Crippen LogP contribution in [0, 0.1) is 5.92 Å². The molecule has 7 nitrogen and oxygen atoms in total. The van der Waals surface area contributed by atoms with E-state index in [0.717, 1.165) is 30.8 Å². The second-order valence-corrected chi connectivity index (χ2v) is 6.89. The lowest BCUT2D eigenvalue weighted by molar-refractivity contribution is 0.0280. The van der Waals surface area contributed by atoms with Gasteiger partial charge in [-0.05, 0) is 25.7 Å². The molecule has 1 aromatic heterocycles. The summed E-state index contributed by atoms with van der Waals surface area (Å²) < 4.78 is 10.8. The molecule has 3 N–H and O–H groups in total. The summed E-state index contributed by atoms with van der Waals surface area (Å²) in [6.45, 7) is 13.0. The van der Waals surface area contributed by atoms with Crippen LogP contribution in [-0.4, -0.2) is 48.6 Å². The van der Waals surface area contributed by atoms with Crippen molar-refractivity contribution in [2.45, 2.75) is 66.0 Å². The van der Waals surface area contributed by atoms with Crippen molar-refractivity contribution in [1.29, 1.82) is 0 Å². The molecule has 1 aromatic rings. The van der Waals surface area contributed by atoms with Crippen molar-refractivity contribution < 1.29 is 14.4 Å². The fourth-order valence-corrected chi connectivity index (χ4v) is 2.51. The maximum absolute atomic E-state index is 9.98. The molecule has 1 unspecified atom stereocenters. The van der Waals surface area contributed by atoms with Gasteiger partial charge in [-0.3, -0.25) is 0 Å². The van der Waals surface area contributed by atoms with Gasteiger partial charge in [-0.2, -0.15) is 0 Å². The number of ether oxygens (including phenoxy) is 1. The normalized spacial score (nSPS) is 13.0. The molecular formula is C19H37IN4O3. The Hall–Kier alpha value is -0.870. The number of halogens is 1. The number of nitrogens with one attached hydrogen (secondary N) is 2. The number of aromatic nitrogens is 1. The number of guanidine groups is 1.